The zero-order valence-electron chi connectivity index (χ0n) is 11.0. The summed E-state index contributed by atoms with van der Waals surface area (Å²) in [6.07, 6.45) is 1.86. The van der Waals surface area contributed by atoms with Crippen molar-refractivity contribution in [1.29, 1.82) is 0 Å². The fourth-order valence-electron chi connectivity index (χ4n) is 1.48. The molecule has 0 unspecified atom stereocenters. The number of hydrogen-bond acceptors (Lipinski definition) is 4. The number of carbonyl (C=O) groups is 3. The van der Waals surface area contributed by atoms with Crippen LogP contribution in [0.1, 0.15) is 27.7 Å². The molecule has 1 heterocycles. The van der Waals surface area contributed by atoms with Crippen LogP contribution in [0.25, 0.3) is 0 Å². The van der Waals surface area contributed by atoms with Crippen molar-refractivity contribution in [3.63, 3.8) is 0 Å². The van der Waals surface area contributed by atoms with E-state index in [1.807, 2.05) is 0 Å². The molecule has 0 bridgehead atoms. The van der Waals surface area contributed by atoms with Crippen molar-refractivity contribution in [2.75, 3.05) is 6.54 Å². The lowest BCUT2D eigenvalue weighted by Crippen LogP contribution is -2.46. The molecule has 0 aliphatic carbocycles. The molecule has 0 saturated heterocycles. The summed E-state index contributed by atoms with van der Waals surface area (Å²) in [4.78, 5) is 35.2. The van der Waals surface area contributed by atoms with E-state index in [1.54, 1.807) is 27.7 Å². The zero-order chi connectivity index (χ0) is 13.9. The van der Waals surface area contributed by atoms with Gasteiger partial charge in [0.25, 0.3) is 11.8 Å². The van der Waals surface area contributed by atoms with Crippen LogP contribution in [0, 0.1) is 0 Å². The Kier molecular flexibility index (Phi) is 4.11. The SMILES string of the molecule is C[C@H](CNC(=O)OC(C)(C)C)N1C(=O)C=CC1=O. The van der Waals surface area contributed by atoms with Gasteiger partial charge in [0.15, 0.2) is 0 Å². The Morgan fingerprint density at radius 3 is 2.28 bits per heavy atom. The Morgan fingerprint density at radius 2 is 1.83 bits per heavy atom. The Morgan fingerprint density at radius 1 is 1.33 bits per heavy atom. The van der Waals surface area contributed by atoms with E-state index in [0.717, 1.165) is 4.90 Å². The number of nitrogens with zero attached hydrogens (tertiary/aromatic N) is 1. The molecule has 1 rings (SSSR count). The molecule has 0 aromatic rings. The predicted octanol–water partition coefficient (Wildman–Crippen LogP) is 0.825. The Bertz CT molecular complexity index is 377. The minimum atomic E-state index is -0.575. The van der Waals surface area contributed by atoms with Crippen molar-refractivity contribution in [2.24, 2.45) is 0 Å². The van der Waals surface area contributed by atoms with Crippen LogP contribution in [-0.2, 0) is 14.3 Å². The number of amides is 3. The first-order chi connectivity index (χ1) is 8.20. The van der Waals surface area contributed by atoms with Gasteiger partial charge in [0.2, 0.25) is 0 Å². The van der Waals surface area contributed by atoms with Crippen LogP contribution in [0.3, 0.4) is 0 Å². The molecule has 0 aromatic heterocycles. The maximum absolute atomic E-state index is 11.4. The first-order valence-corrected chi connectivity index (χ1v) is 5.73. The molecule has 1 atom stereocenters. The maximum atomic E-state index is 11.4. The number of imide groups is 1. The van der Waals surface area contributed by atoms with E-state index < -0.39 is 17.7 Å². The lowest BCUT2D eigenvalue weighted by atomic mass is 10.2. The molecule has 6 heteroatoms. The summed E-state index contributed by atoms with van der Waals surface area (Å²) in [5.41, 5.74) is -0.575. The summed E-state index contributed by atoms with van der Waals surface area (Å²) in [6, 6.07) is -0.410. The highest BCUT2D eigenvalue weighted by Crippen LogP contribution is 2.09. The molecule has 0 radical (unpaired) electrons. The lowest BCUT2D eigenvalue weighted by Gasteiger charge is -2.24. The van der Waals surface area contributed by atoms with Crippen molar-refractivity contribution in [3.05, 3.63) is 12.2 Å². The van der Waals surface area contributed by atoms with Crippen LogP contribution >= 0.6 is 0 Å². The normalized spacial score (nSPS) is 17.0. The summed E-state index contributed by atoms with van der Waals surface area (Å²) < 4.78 is 5.05. The van der Waals surface area contributed by atoms with Crippen LogP contribution in [0.2, 0.25) is 0 Å². The second kappa shape index (κ2) is 5.20. The zero-order valence-corrected chi connectivity index (χ0v) is 11.0. The molecular weight excluding hydrogens is 236 g/mol. The van der Waals surface area contributed by atoms with E-state index >= 15 is 0 Å². The molecule has 100 valence electrons. The second-order valence-electron chi connectivity index (χ2n) is 5.11. The average molecular weight is 254 g/mol. The van der Waals surface area contributed by atoms with Gasteiger partial charge in [0.05, 0.1) is 6.04 Å². The van der Waals surface area contributed by atoms with Crippen LogP contribution in [0.15, 0.2) is 12.2 Å². The fraction of sp³-hybridized carbons (Fsp3) is 0.583. The summed E-state index contributed by atoms with van der Waals surface area (Å²) in [5.74, 6) is -0.725. The topological polar surface area (TPSA) is 75.7 Å². The van der Waals surface area contributed by atoms with Gasteiger partial charge in [-0.1, -0.05) is 0 Å². The fourth-order valence-corrected chi connectivity index (χ4v) is 1.48. The lowest BCUT2D eigenvalue weighted by molar-refractivity contribution is -0.139. The molecule has 1 aliphatic rings. The molecule has 0 saturated carbocycles. The van der Waals surface area contributed by atoms with Gasteiger partial charge in [-0.25, -0.2) is 4.79 Å². The third kappa shape index (κ3) is 3.87. The van der Waals surface area contributed by atoms with Gasteiger partial charge >= 0.3 is 6.09 Å². The number of carbonyl (C=O) groups excluding carboxylic acids is 3. The summed E-state index contributed by atoms with van der Waals surface area (Å²) in [7, 11) is 0. The summed E-state index contributed by atoms with van der Waals surface area (Å²) in [6.45, 7) is 7.11. The minimum Gasteiger partial charge on any atom is -0.444 e. The Labute approximate surface area is 106 Å². The van der Waals surface area contributed by atoms with Gasteiger partial charge in [0.1, 0.15) is 5.60 Å². The maximum Gasteiger partial charge on any atom is 0.407 e. The largest absolute Gasteiger partial charge is 0.444 e. The molecule has 0 aromatic carbocycles. The first kappa shape index (κ1) is 14.2. The Hall–Kier alpha value is -1.85. The van der Waals surface area contributed by atoms with Crippen molar-refractivity contribution in [3.8, 4) is 0 Å². The average Bonchev–Trinajstić information content (AvgIpc) is 2.53. The summed E-state index contributed by atoms with van der Waals surface area (Å²) >= 11 is 0. The molecule has 0 fully saturated rings. The highest BCUT2D eigenvalue weighted by Gasteiger charge is 2.28. The van der Waals surface area contributed by atoms with E-state index in [2.05, 4.69) is 5.32 Å². The van der Waals surface area contributed by atoms with Gasteiger partial charge in [0, 0.05) is 18.7 Å². The standard InChI is InChI=1S/C12H18N2O4/c1-8(14-9(15)5-6-10(14)16)7-13-11(17)18-12(2,3)4/h5-6,8H,7H2,1-4H3,(H,13,17)/t8-/m1/s1. The molecule has 0 spiro atoms. The van der Waals surface area contributed by atoms with Gasteiger partial charge < -0.3 is 10.1 Å². The van der Waals surface area contributed by atoms with E-state index in [4.69, 9.17) is 4.74 Å². The third-order valence-electron chi connectivity index (χ3n) is 2.22. The number of alkyl carbamates (subject to hydrolysis) is 1. The van der Waals surface area contributed by atoms with Crippen molar-refractivity contribution in [1.82, 2.24) is 10.2 Å². The van der Waals surface area contributed by atoms with Gasteiger partial charge in [-0.2, -0.15) is 0 Å². The molecular formula is C12H18N2O4. The van der Waals surface area contributed by atoms with Gasteiger partial charge in [-0.3, -0.25) is 14.5 Å². The number of hydrogen-bond donors (Lipinski definition) is 1. The predicted molar refractivity (Wildman–Crippen MR) is 64.7 cm³/mol. The third-order valence-corrected chi connectivity index (χ3v) is 2.22. The van der Waals surface area contributed by atoms with Crippen molar-refractivity contribution < 1.29 is 19.1 Å². The van der Waals surface area contributed by atoms with E-state index in [0.29, 0.717) is 0 Å². The Balaban J connectivity index is 2.42. The molecule has 1 N–H and O–H groups in total. The quantitative estimate of drug-likeness (QED) is 0.757. The molecule has 1 aliphatic heterocycles. The monoisotopic (exact) mass is 254 g/mol. The van der Waals surface area contributed by atoms with Crippen molar-refractivity contribution >= 4 is 17.9 Å². The van der Waals surface area contributed by atoms with E-state index in [-0.39, 0.29) is 18.4 Å². The second-order valence-corrected chi connectivity index (χ2v) is 5.11. The molecule has 3 amide bonds. The van der Waals surface area contributed by atoms with Gasteiger partial charge in [-0.15, -0.1) is 0 Å². The van der Waals surface area contributed by atoms with Crippen molar-refractivity contribution in [2.45, 2.75) is 39.3 Å². The van der Waals surface area contributed by atoms with Crippen LogP contribution in [-0.4, -0.2) is 41.0 Å². The van der Waals surface area contributed by atoms with Crippen LogP contribution in [0.5, 0.6) is 0 Å². The number of ether oxygens (including phenoxy) is 1. The molecule has 18 heavy (non-hydrogen) atoms. The molecule has 6 nitrogen and oxygen atoms in total. The first-order valence-electron chi connectivity index (χ1n) is 5.73. The number of rotatable bonds is 3. The number of nitrogens with one attached hydrogen (secondary N) is 1. The highest BCUT2D eigenvalue weighted by atomic mass is 16.6. The van der Waals surface area contributed by atoms with Gasteiger partial charge in [-0.05, 0) is 27.7 Å². The minimum absolute atomic E-state index is 0.161. The van der Waals surface area contributed by atoms with Crippen LogP contribution in [0.4, 0.5) is 4.79 Å². The van der Waals surface area contributed by atoms with E-state index in [1.165, 1.54) is 12.2 Å². The summed E-state index contributed by atoms with van der Waals surface area (Å²) in [5, 5.41) is 2.52. The van der Waals surface area contributed by atoms with Crippen LogP contribution < -0.4 is 5.32 Å². The smallest absolute Gasteiger partial charge is 0.407 e. The highest BCUT2D eigenvalue weighted by molar-refractivity contribution is 6.13. The van der Waals surface area contributed by atoms with E-state index in [9.17, 15) is 14.4 Å².